The molecule has 2 fully saturated rings. The number of esters is 1. The summed E-state index contributed by atoms with van der Waals surface area (Å²) in [6.45, 7) is 0.713. The van der Waals surface area contributed by atoms with E-state index in [-0.39, 0.29) is 16.9 Å². The molecule has 4 aromatic rings. The fraction of sp³-hybridized carbons (Fsp3) is 0.333. The van der Waals surface area contributed by atoms with E-state index in [2.05, 4.69) is 0 Å². The van der Waals surface area contributed by atoms with E-state index in [1.807, 2.05) is 0 Å². The molecule has 0 amide bonds. The predicted molar refractivity (Wildman–Crippen MR) is 183 cm³/mol. The van der Waals surface area contributed by atoms with Crippen LogP contribution in [-0.2, 0) is 23.7 Å². The highest BCUT2D eigenvalue weighted by atomic mass is 16.7. The highest BCUT2D eigenvalue weighted by Crippen LogP contribution is 2.39. The van der Waals surface area contributed by atoms with Crippen molar-refractivity contribution in [2.45, 2.75) is 68.3 Å². The van der Waals surface area contributed by atoms with Crippen LogP contribution in [-0.4, -0.2) is 130 Å². The van der Waals surface area contributed by atoms with Gasteiger partial charge in [0.1, 0.15) is 59.1 Å². The third-order valence-electron chi connectivity index (χ3n) is 8.92. The Kier molecular flexibility index (Phi) is 11.1. The van der Waals surface area contributed by atoms with E-state index >= 15 is 0 Å². The number of phenols is 6. The Bertz CT molecular complexity index is 2150. The van der Waals surface area contributed by atoms with Gasteiger partial charge in [0.15, 0.2) is 41.2 Å². The third-order valence-corrected chi connectivity index (χ3v) is 8.92. The number of fused-ring (bicyclic) bond motifs is 1. The number of benzene rings is 3. The van der Waals surface area contributed by atoms with Gasteiger partial charge >= 0.3 is 5.97 Å². The molecule has 11 N–H and O–H groups in total. The van der Waals surface area contributed by atoms with E-state index in [4.69, 9.17) is 28.1 Å². The van der Waals surface area contributed by atoms with Crippen LogP contribution in [0.2, 0.25) is 0 Å². The largest absolute Gasteiger partial charge is 0.508 e. The minimum atomic E-state index is -2.03. The van der Waals surface area contributed by atoms with Crippen molar-refractivity contribution in [3.05, 3.63) is 70.4 Å². The van der Waals surface area contributed by atoms with Gasteiger partial charge in [0.2, 0.25) is 17.5 Å². The second-order valence-corrected chi connectivity index (χ2v) is 12.8. The molecule has 0 radical (unpaired) electrons. The van der Waals surface area contributed by atoms with Crippen LogP contribution in [0.15, 0.2) is 63.8 Å². The molecule has 19 nitrogen and oxygen atoms in total. The van der Waals surface area contributed by atoms with Crippen molar-refractivity contribution in [2.75, 3.05) is 6.61 Å². The summed E-state index contributed by atoms with van der Waals surface area (Å²) < 4.78 is 33.6. The quantitative estimate of drug-likeness (QED) is 0.0605. The summed E-state index contributed by atoms with van der Waals surface area (Å²) in [5.41, 5.74) is -1.11. The Labute approximate surface area is 308 Å². The number of aromatic hydroxyl groups is 6. The minimum Gasteiger partial charge on any atom is -0.508 e. The van der Waals surface area contributed by atoms with Crippen molar-refractivity contribution in [2.24, 2.45) is 0 Å². The second kappa shape index (κ2) is 15.6. The molecule has 0 bridgehead atoms. The average Bonchev–Trinajstić information content (AvgIpc) is 3.13. The van der Waals surface area contributed by atoms with Crippen LogP contribution in [0.3, 0.4) is 0 Å². The van der Waals surface area contributed by atoms with Gasteiger partial charge in [-0.3, -0.25) is 4.79 Å². The Morgan fingerprint density at radius 2 is 1.42 bits per heavy atom. The van der Waals surface area contributed by atoms with Crippen LogP contribution in [0.4, 0.5) is 0 Å². The van der Waals surface area contributed by atoms with E-state index in [0.717, 1.165) is 30.3 Å². The zero-order chi connectivity index (χ0) is 39.9. The fourth-order valence-electron chi connectivity index (χ4n) is 5.98. The summed E-state index contributed by atoms with van der Waals surface area (Å²) in [6, 6.07) is 8.95. The molecule has 6 rings (SSSR count). The first-order valence-corrected chi connectivity index (χ1v) is 16.5. The highest BCUT2D eigenvalue weighted by molar-refractivity contribution is 5.89. The first kappa shape index (κ1) is 39.1. The Morgan fingerprint density at radius 3 is 2.11 bits per heavy atom. The molecule has 2 aliphatic rings. The molecule has 1 aromatic heterocycles. The smallest absolute Gasteiger partial charge is 0.331 e. The number of carbonyl (C=O) groups is 1. The zero-order valence-electron chi connectivity index (χ0n) is 28.4. The minimum absolute atomic E-state index is 0.0633. The van der Waals surface area contributed by atoms with Crippen LogP contribution >= 0.6 is 0 Å². The lowest BCUT2D eigenvalue weighted by Crippen LogP contribution is -2.62. The lowest BCUT2D eigenvalue weighted by Gasteiger charge is -2.43. The standard InChI is InChI=1S/C36H36O19/c1-13-32(54-24(43)7-3-14-2-5-17(38)19(40)8-14)29(47)31(49)35(51-13)50-12-23-26(44)28(46)30(48)36(53-23)55-34-27(45)25-21(42)10-16(37)11-22(25)52-33(34)15-4-6-18(39)20(41)9-15/h2-11,13,23,26,28-32,35-42,44,46-49H,12H2,1H3/b7-3+. The molecule has 0 saturated carbocycles. The van der Waals surface area contributed by atoms with Gasteiger partial charge in [0.05, 0.1) is 12.7 Å². The monoisotopic (exact) mass is 772 g/mol. The number of phenolic OH excluding ortho intramolecular Hbond substituents is 6. The molecule has 3 heterocycles. The maximum Gasteiger partial charge on any atom is 0.331 e. The van der Waals surface area contributed by atoms with Crippen molar-refractivity contribution in [3.63, 3.8) is 0 Å². The van der Waals surface area contributed by atoms with Crippen LogP contribution in [0.5, 0.6) is 40.2 Å². The SMILES string of the molecule is CC1OC(OCC2OC(Oc3c(-c4ccc(O)c(O)c4)oc4cc(O)cc(O)c4c3=O)C(O)C(O)C2O)C(O)C(O)C1OC(=O)/C=C/c1ccc(O)c(O)c1. The maximum atomic E-state index is 13.7. The number of ether oxygens (including phenoxy) is 5. The number of hydrogen-bond acceptors (Lipinski definition) is 19. The van der Waals surface area contributed by atoms with Gasteiger partial charge in [-0.1, -0.05) is 6.07 Å². The van der Waals surface area contributed by atoms with Crippen molar-refractivity contribution >= 4 is 23.0 Å². The van der Waals surface area contributed by atoms with Gasteiger partial charge in [-0.25, -0.2) is 4.79 Å². The number of aliphatic hydroxyl groups is 5. The van der Waals surface area contributed by atoms with Crippen LogP contribution in [0.1, 0.15) is 12.5 Å². The molecular formula is C36H36O19. The van der Waals surface area contributed by atoms with Crippen LogP contribution < -0.4 is 10.2 Å². The zero-order valence-corrected chi connectivity index (χ0v) is 28.4. The Balaban J connectivity index is 1.17. The van der Waals surface area contributed by atoms with E-state index < -0.39 is 125 Å². The van der Waals surface area contributed by atoms with Crippen LogP contribution in [0.25, 0.3) is 28.4 Å². The number of rotatable bonds is 9. The van der Waals surface area contributed by atoms with E-state index in [1.54, 1.807) is 0 Å². The molecule has 19 heteroatoms. The maximum absolute atomic E-state index is 13.7. The van der Waals surface area contributed by atoms with Gasteiger partial charge in [0, 0.05) is 23.8 Å². The molecule has 10 atom stereocenters. The molecule has 3 aromatic carbocycles. The van der Waals surface area contributed by atoms with Gasteiger partial charge < -0.3 is 84.3 Å². The topological polar surface area (TPSA) is 316 Å². The molecule has 0 aliphatic carbocycles. The van der Waals surface area contributed by atoms with Crippen molar-refractivity contribution in [1.29, 1.82) is 0 Å². The molecule has 2 aliphatic heterocycles. The van der Waals surface area contributed by atoms with Gasteiger partial charge in [-0.15, -0.1) is 0 Å². The summed E-state index contributed by atoms with van der Waals surface area (Å²) in [4.78, 5) is 26.2. The van der Waals surface area contributed by atoms with Crippen LogP contribution in [0, 0.1) is 0 Å². The summed E-state index contributed by atoms with van der Waals surface area (Å²) in [7, 11) is 0. The Hall–Kier alpha value is -5.64. The number of hydrogen-bond donors (Lipinski definition) is 11. The Morgan fingerprint density at radius 1 is 0.745 bits per heavy atom. The normalized spacial score (nSPS) is 28.3. The van der Waals surface area contributed by atoms with Gasteiger partial charge in [-0.05, 0) is 48.9 Å². The lowest BCUT2D eigenvalue weighted by molar-refractivity contribution is -0.319. The van der Waals surface area contributed by atoms with E-state index in [1.165, 1.54) is 37.3 Å². The molecule has 55 heavy (non-hydrogen) atoms. The number of aliphatic hydroxyl groups excluding tert-OH is 5. The molecular weight excluding hydrogens is 736 g/mol. The summed E-state index contributed by atoms with van der Waals surface area (Å²) >= 11 is 0. The average molecular weight is 773 g/mol. The molecule has 2 saturated heterocycles. The lowest BCUT2D eigenvalue weighted by atomic mass is 9.98. The van der Waals surface area contributed by atoms with Crippen molar-refractivity contribution < 1.29 is 89.1 Å². The van der Waals surface area contributed by atoms with Crippen molar-refractivity contribution in [3.8, 4) is 51.6 Å². The highest BCUT2D eigenvalue weighted by Gasteiger charge is 2.49. The predicted octanol–water partition coefficient (Wildman–Crippen LogP) is -0.0116. The van der Waals surface area contributed by atoms with Gasteiger partial charge in [-0.2, -0.15) is 0 Å². The van der Waals surface area contributed by atoms with E-state index in [0.29, 0.717) is 5.56 Å². The molecule has 10 unspecified atom stereocenters. The second-order valence-electron chi connectivity index (χ2n) is 12.8. The number of carbonyl (C=O) groups excluding carboxylic acids is 1. The first-order valence-electron chi connectivity index (χ1n) is 16.5. The van der Waals surface area contributed by atoms with E-state index in [9.17, 15) is 65.8 Å². The van der Waals surface area contributed by atoms with Gasteiger partial charge in [0.25, 0.3) is 0 Å². The fourth-order valence-corrected chi connectivity index (χ4v) is 5.98. The summed E-state index contributed by atoms with van der Waals surface area (Å²) in [5, 5.41) is 113. The summed E-state index contributed by atoms with van der Waals surface area (Å²) in [5.74, 6) is -5.24. The first-order chi connectivity index (χ1) is 26.0. The summed E-state index contributed by atoms with van der Waals surface area (Å²) in [6.07, 6.45) is -14.8. The van der Waals surface area contributed by atoms with Crippen molar-refractivity contribution in [1.82, 2.24) is 0 Å². The molecule has 294 valence electrons. The third kappa shape index (κ3) is 7.95. The molecule has 0 spiro atoms.